The van der Waals surface area contributed by atoms with Crippen LogP contribution >= 0.6 is 11.6 Å². The zero-order valence-corrected chi connectivity index (χ0v) is 12.4. The van der Waals surface area contributed by atoms with Crippen molar-refractivity contribution in [1.82, 2.24) is 0 Å². The summed E-state index contributed by atoms with van der Waals surface area (Å²) in [6, 6.07) is 2.21. The first kappa shape index (κ1) is 14.4. The Kier molecular flexibility index (Phi) is 4.87. The zero-order chi connectivity index (χ0) is 13.8. The van der Waals surface area contributed by atoms with Crippen LogP contribution in [-0.4, -0.2) is 13.4 Å². The molecule has 19 heavy (non-hydrogen) atoms. The average molecular weight is 281 g/mol. The summed E-state index contributed by atoms with van der Waals surface area (Å²) in [4.78, 5) is 10.7. The van der Waals surface area contributed by atoms with Gasteiger partial charge in [-0.25, -0.2) is 0 Å². The van der Waals surface area contributed by atoms with Crippen LogP contribution in [0.15, 0.2) is 6.07 Å². The molecule has 0 aromatic heterocycles. The summed E-state index contributed by atoms with van der Waals surface area (Å²) in [6.45, 7) is 2.05. The van der Waals surface area contributed by atoms with Gasteiger partial charge in [0.05, 0.1) is 12.1 Å². The van der Waals surface area contributed by atoms with Crippen molar-refractivity contribution in [3.05, 3.63) is 27.8 Å². The molecule has 2 nitrogen and oxygen atoms in total. The number of carbonyl (C=O) groups is 1. The third kappa shape index (κ3) is 2.94. The van der Waals surface area contributed by atoms with Gasteiger partial charge in [0.1, 0.15) is 12.0 Å². The van der Waals surface area contributed by atoms with Gasteiger partial charge in [0.15, 0.2) is 0 Å². The molecule has 1 unspecified atom stereocenters. The lowest BCUT2D eigenvalue weighted by atomic mass is 9.91. The number of hydrogen-bond donors (Lipinski definition) is 0. The maximum Gasteiger partial charge on any atom is 0.141 e. The Morgan fingerprint density at radius 2 is 2.11 bits per heavy atom. The lowest BCUT2D eigenvalue weighted by Gasteiger charge is -2.20. The number of carbonyl (C=O) groups excluding carboxylic acids is 1. The van der Waals surface area contributed by atoms with E-state index in [1.165, 1.54) is 30.4 Å². The highest BCUT2D eigenvalue weighted by Gasteiger charge is 2.21. The standard InChI is InChI=1S/C16H21ClO2/c1-11(8-9-18)14-10-12-6-4-3-5-7-13(12)15(17)16(14)19-2/h9-11H,3-8H2,1-2H3. The first-order valence-corrected chi connectivity index (χ1v) is 7.38. The molecule has 0 fully saturated rings. The van der Waals surface area contributed by atoms with Crippen LogP contribution in [0.1, 0.15) is 55.2 Å². The number of rotatable bonds is 4. The van der Waals surface area contributed by atoms with E-state index in [4.69, 9.17) is 16.3 Å². The molecule has 0 N–H and O–H groups in total. The minimum Gasteiger partial charge on any atom is -0.495 e. The molecule has 1 aliphatic rings. The van der Waals surface area contributed by atoms with Crippen molar-refractivity contribution in [2.24, 2.45) is 0 Å². The van der Waals surface area contributed by atoms with Gasteiger partial charge >= 0.3 is 0 Å². The minimum atomic E-state index is 0.151. The predicted octanol–water partition coefficient (Wildman–Crippen LogP) is 4.31. The molecule has 0 bridgehead atoms. The molecule has 1 aliphatic carbocycles. The molecule has 1 aromatic rings. The summed E-state index contributed by atoms with van der Waals surface area (Å²) in [5.41, 5.74) is 3.66. The van der Waals surface area contributed by atoms with Gasteiger partial charge in [-0.15, -0.1) is 0 Å². The van der Waals surface area contributed by atoms with Crippen LogP contribution in [0, 0.1) is 0 Å². The van der Waals surface area contributed by atoms with E-state index in [1.807, 2.05) is 6.92 Å². The van der Waals surface area contributed by atoms with Gasteiger partial charge in [-0.1, -0.05) is 31.0 Å². The molecule has 0 saturated heterocycles. The van der Waals surface area contributed by atoms with Crippen LogP contribution in [-0.2, 0) is 17.6 Å². The van der Waals surface area contributed by atoms with Crippen molar-refractivity contribution in [2.45, 2.75) is 51.4 Å². The van der Waals surface area contributed by atoms with Crippen LogP contribution < -0.4 is 4.74 Å². The lowest BCUT2D eigenvalue weighted by molar-refractivity contribution is -0.108. The molecule has 0 spiro atoms. The third-order valence-electron chi connectivity index (χ3n) is 4.00. The first-order valence-electron chi connectivity index (χ1n) is 7.00. The van der Waals surface area contributed by atoms with E-state index in [1.54, 1.807) is 7.11 Å². The second-order valence-corrected chi connectivity index (χ2v) is 5.69. The van der Waals surface area contributed by atoms with Gasteiger partial charge in [-0.2, -0.15) is 0 Å². The second kappa shape index (κ2) is 6.42. The number of aryl methyl sites for hydroxylation is 1. The number of fused-ring (bicyclic) bond motifs is 1. The molecule has 0 aliphatic heterocycles. The highest BCUT2D eigenvalue weighted by Crippen LogP contribution is 2.41. The molecule has 0 radical (unpaired) electrons. The van der Waals surface area contributed by atoms with E-state index in [-0.39, 0.29) is 5.92 Å². The Morgan fingerprint density at radius 3 is 2.79 bits per heavy atom. The fraction of sp³-hybridized carbons (Fsp3) is 0.562. The zero-order valence-electron chi connectivity index (χ0n) is 11.7. The van der Waals surface area contributed by atoms with Crippen molar-refractivity contribution in [2.75, 3.05) is 7.11 Å². The van der Waals surface area contributed by atoms with E-state index < -0.39 is 0 Å². The second-order valence-electron chi connectivity index (χ2n) is 5.31. The quantitative estimate of drug-likeness (QED) is 0.607. The average Bonchev–Trinajstić information content (AvgIpc) is 2.64. The topological polar surface area (TPSA) is 26.3 Å². The molecule has 2 rings (SSSR count). The summed E-state index contributed by atoms with van der Waals surface area (Å²) in [5, 5.41) is 0.759. The number of ether oxygens (including phenoxy) is 1. The molecule has 0 saturated carbocycles. The Morgan fingerprint density at radius 1 is 1.37 bits per heavy atom. The van der Waals surface area contributed by atoms with E-state index in [0.717, 1.165) is 35.5 Å². The number of aldehydes is 1. The third-order valence-corrected chi connectivity index (χ3v) is 4.40. The summed E-state index contributed by atoms with van der Waals surface area (Å²) in [7, 11) is 1.65. The van der Waals surface area contributed by atoms with Crippen LogP contribution in [0.25, 0.3) is 0 Å². The first-order chi connectivity index (χ1) is 9.19. The monoisotopic (exact) mass is 280 g/mol. The van der Waals surface area contributed by atoms with Crippen molar-refractivity contribution in [1.29, 1.82) is 0 Å². The Bertz CT molecular complexity index is 468. The summed E-state index contributed by atoms with van der Waals surface area (Å²) < 4.78 is 5.50. The highest BCUT2D eigenvalue weighted by molar-refractivity contribution is 6.33. The summed E-state index contributed by atoms with van der Waals surface area (Å²) in [5.74, 6) is 0.912. The summed E-state index contributed by atoms with van der Waals surface area (Å²) >= 11 is 6.54. The van der Waals surface area contributed by atoms with Gasteiger partial charge in [-0.05, 0) is 48.3 Å². The normalized spacial score (nSPS) is 16.4. The van der Waals surface area contributed by atoms with E-state index >= 15 is 0 Å². The van der Waals surface area contributed by atoms with Gasteiger partial charge < -0.3 is 9.53 Å². The molecule has 0 heterocycles. The van der Waals surface area contributed by atoms with Gasteiger partial charge in [0, 0.05) is 6.42 Å². The Labute approximate surface area is 120 Å². The van der Waals surface area contributed by atoms with Crippen molar-refractivity contribution >= 4 is 17.9 Å². The van der Waals surface area contributed by atoms with E-state index in [9.17, 15) is 4.79 Å². The number of benzene rings is 1. The smallest absolute Gasteiger partial charge is 0.141 e. The number of halogens is 1. The molecular formula is C16H21ClO2. The van der Waals surface area contributed by atoms with Gasteiger partial charge in [-0.3, -0.25) is 0 Å². The van der Waals surface area contributed by atoms with E-state index in [2.05, 4.69) is 6.07 Å². The minimum absolute atomic E-state index is 0.151. The van der Waals surface area contributed by atoms with Crippen LogP contribution in [0.4, 0.5) is 0 Å². The number of hydrogen-bond acceptors (Lipinski definition) is 2. The molecule has 1 atom stereocenters. The summed E-state index contributed by atoms with van der Waals surface area (Å²) in [6.07, 6.45) is 7.25. The van der Waals surface area contributed by atoms with Crippen molar-refractivity contribution in [3.8, 4) is 5.75 Å². The molecule has 104 valence electrons. The molecular weight excluding hydrogens is 260 g/mol. The maximum absolute atomic E-state index is 10.7. The SMILES string of the molecule is COc1c(C(C)CC=O)cc2c(c1Cl)CCCCC2. The van der Waals surface area contributed by atoms with E-state index in [0.29, 0.717) is 6.42 Å². The Balaban J connectivity index is 2.51. The molecule has 1 aromatic carbocycles. The van der Waals surface area contributed by atoms with Crippen molar-refractivity contribution in [3.63, 3.8) is 0 Å². The highest BCUT2D eigenvalue weighted by atomic mass is 35.5. The van der Waals surface area contributed by atoms with Crippen LogP contribution in [0.3, 0.4) is 0 Å². The van der Waals surface area contributed by atoms with Gasteiger partial charge in [0.25, 0.3) is 0 Å². The predicted molar refractivity (Wildman–Crippen MR) is 78.4 cm³/mol. The van der Waals surface area contributed by atoms with Crippen LogP contribution in [0.2, 0.25) is 5.02 Å². The number of methoxy groups -OCH3 is 1. The fourth-order valence-electron chi connectivity index (χ4n) is 2.88. The lowest BCUT2D eigenvalue weighted by Crippen LogP contribution is -2.04. The largest absolute Gasteiger partial charge is 0.495 e. The van der Waals surface area contributed by atoms with Crippen molar-refractivity contribution < 1.29 is 9.53 Å². The molecule has 0 amide bonds. The Hall–Kier alpha value is -1.02. The maximum atomic E-state index is 10.7. The van der Waals surface area contributed by atoms with Gasteiger partial charge in [0.2, 0.25) is 0 Å². The van der Waals surface area contributed by atoms with Crippen LogP contribution in [0.5, 0.6) is 5.75 Å². The fourth-order valence-corrected chi connectivity index (χ4v) is 3.28. The molecule has 3 heteroatoms.